The van der Waals surface area contributed by atoms with E-state index in [4.69, 9.17) is 9.47 Å². The van der Waals surface area contributed by atoms with Crippen LogP contribution < -0.4 is 19.3 Å². The van der Waals surface area contributed by atoms with E-state index < -0.39 is 0 Å². The van der Waals surface area contributed by atoms with Gasteiger partial charge in [-0.1, -0.05) is 42.5 Å². The molecule has 5 rings (SSSR count). The number of rotatable bonds is 5. The lowest BCUT2D eigenvalue weighted by Crippen LogP contribution is -2.37. The minimum absolute atomic E-state index is 0.344. The lowest BCUT2D eigenvalue weighted by Gasteiger charge is -2.32. The number of benzene rings is 3. The summed E-state index contributed by atoms with van der Waals surface area (Å²) in [5.74, 6) is 0.384. The third-order valence-corrected chi connectivity index (χ3v) is 6.13. The summed E-state index contributed by atoms with van der Waals surface area (Å²) >= 11 is 0. The molecular weight excluding hydrogens is 416 g/mol. The van der Waals surface area contributed by atoms with Gasteiger partial charge in [0.2, 0.25) is 0 Å². The number of fused-ring (bicyclic) bond motifs is 1. The predicted octanol–water partition coefficient (Wildman–Crippen LogP) is 4.44. The number of hydrogen-bond acceptors (Lipinski definition) is 5. The molecule has 6 nitrogen and oxygen atoms in total. The normalized spacial score (nSPS) is 15.7. The van der Waals surface area contributed by atoms with Crippen LogP contribution in [0.3, 0.4) is 0 Å². The quantitative estimate of drug-likeness (QED) is 0.549. The van der Waals surface area contributed by atoms with Crippen molar-refractivity contribution in [1.82, 2.24) is 0 Å². The molecule has 33 heavy (non-hydrogen) atoms. The van der Waals surface area contributed by atoms with Crippen molar-refractivity contribution < 1.29 is 19.1 Å². The standard InChI is InChI=1S/C27H24N2O4/c1-32-20-12-7-11-19(17-20)29-26(30)24(21-13-4-6-15-23(21)33-2)25(27(29)31)28-16-8-10-18-9-3-5-14-22(18)28/h3-7,9,11-15,17H,8,10,16H2,1-2H3. The Hall–Kier alpha value is -4.06. The summed E-state index contributed by atoms with van der Waals surface area (Å²) in [5, 5.41) is 0. The molecule has 0 N–H and O–H groups in total. The molecule has 166 valence electrons. The minimum atomic E-state index is -0.379. The van der Waals surface area contributed by atoms with Gasteiger partial charge in [0.1, 0.15) is 17.2 Å². The lowest BCUT2D eigenvalue weighted by molar-refractivity contribution is -0.120. The molecule has 0 unspecified atom stereocenters. The highest BCUT2D eigenvalue weighted by atomic mass is 16.5. The molecule has 0 saturated heterocycles. The van der Waals surface area contributed by atoms with Crippen LogP contribution in [0.1, 0.15) is 17.5 Å². The highest BCUT2D eigenvalue weighted by Gasteiger charge is 2.44. The van der Waals surface area contributed by atoms with Crippen LogP contribution in [-0.4, -0.2) is 32.6 Å². The first-order valence-electron chi connectivity index (χ1n) is 10.9. The molecule has 0 spiro atoms. The van der Waals surface area contributed by atoms with Crippen LogP contribution >= 0.6 is 0 Å². The predicted molar refractivity (Wildman–Crippen MR) is 128 cm³/mol. The Kier molecular flexibility index (Phi) is 5.34. The molecule has 0 fully saturated rings. The van der Waals surface area contributed by atoms with E-state index in [1.807, 2.05) is 41.3 Å². The van der Waals surface area contributed by atoms with Crippen LogP contribution in [0.4, 0.5) is 11.4 Å². The van der Waals surface area contributed by atoms with Gasteiger partial charge in [-0.2, -0.15) is 0 Å². The van der Waals surface area contributed by atoms with E-state index in [2.05, 4.69) is 6.07 Å². The minimum Gasteiger partial charge on any atom is -0.497 e. The van der Waals surface area contributed by atoms with Crippen LogP contribution in [0.5, 0.6) is 11.5 Å². The zero-order valence-corrected chi connectivity index (χ0v) is 18.6. The number of anilines is 2. The van der Waals surface area contributed by atoms with Gasteiger partial charge in [-0.05, 0) is 42.7 Å². The molecule has 0 aromatic heterocycles. The monoisotopic (exact) mass is 440 g/mol. The molecule has 6 heteroatoms. The van der Waals surface area contributed by atoms with E-state index in [1.165, 1.54) is 4.90 Å². The second-order valence-corrected chi connectivity index (χ2v) is 7.95. The van der Waals surface area contributed by atoms with E-state index in [0.29, 0.717) is 40.6 Å². The summed E-state index contributed by atoms with van der Waals surface area (Å²) in [7, 11) is 3.12. The molecule has 0 radical (unpaired) electrons. The molecule has 3 aromatic rings. The van der Waals surface area contributed by atoms with E-state index in [0.717, 1.165) is 24.1 Å². The van der Waals surface area contributed by atoms with Crippen molar-refractivity contribution in [3.63, 3.8) is 0 Å². The Labute approximate surface area is 192 Å². The van der Waals surface area contributed by atoms with Crippen molar-refractivity contribution in [2.75, 3.05) is 30.6 Å². The summed E-state index contributed by atoms with van der Waals surface area (Å²) in [5.41, 5.74) is 3.91. The Bertz CT molecular complexity index is 1280. The van der Waals surface area contributed by atoms with E-state index in [1.54, 1.807) is 44.6 Å². The van der Waals surface area contributed by atoms with Gasteiger partial charge in [-0.3, -0.25) is 9.59 Å². The number of carbonyl (C=O) groups excluding carboxylic acids is 2. The smallest absolute Gasteiger partial charge is 0.282 e. The van der Waals surface area contributed by atoms with E-state index in [9.17, 15) is 9.59 Å². The summed E-state index contributed by atoms with van der Waals surface area (Å²) in [6.07, 6.45) is 1.83. The number of imide groups is 1. The summed E-state index contributed by atoms with van der Waals surface area (Å²) in [6, 6.07) is 22.4. The molecule has 0 saturated carbocycles. The third-order valence-electron chi connectivity index (χ3n) is 6.13. The first-order chi connectivity index (χ1) is 16.1. The number of nitrogens with zero attached hydrogens (tertiary/aromatic N) is 2. The second kappa shape index (κ2) is 8.47. The Morgan fingerprint density at radius 3 is 2.42 bits per heavy atom. The maximum Gasteiger partial charge on any atom is 0.282 e. The van der Waals surface area contributed by atoms with Gasteiger partial charge in [0.15, 0.2) is 0 Å². The molecular formula is C27H24N2O4. The molecule has 0 bridgehead atoms. The zero-order valence-electron chi connectivity index (χ0n) is 18.6. The van der Waals surface area contributed by atoms with Gasteiger partial charge >= 0.3 is 0 Å². The zero-order chi connectivity index (χ0) is 22.9. The van der Waals surface area contributed by atoms with Crippen molar-refractivity contribution in [3.8, 4) is 11.5 Å². The van der Waals surface area contributed by atoms with Crippen LogP contribution in [-0.2, 0) is 16.0 Å². The molecule has 2 aliphatic heterocycles. The van der Waals surface area contributed by atoms with Gasteiger partial charge < -0.3 is 14.4 Å². The first-order valence-corrected chi connectivity index (χ1v) is 10.9. The van der Waals surface area contributed by atoms with Gasteiger partial charge in [-0.25, -0.2) is 4.90 Å². The number of methoxy groups -OCH3 is 2. The summed E-state index contributed by atoms with van der Waals surface area (Å²) in [6.45, 7) is 0.649. The van der Waals surface area contributed by atoms with Crippen molar-refractivity contribution in [2.45, 2.75) is 12.8 Å². The van der Waals surface area contributed by atoms with Crippen LogP contribution in [0.2, 0.25) is 0 Å². The average Bonchev–Trinajstić information content (AvgIpc) is 3.13. The highest BCUT2D eigenvalue weighted by molar-refractivity contribution is 6.46. The summed E-state index contributed by atoms with van der Waals surface area (Å²) < 4.78 is 10.9. The van der Waals surface area contributed by atoms with E-state index in [-0.39, 0.29) is 11.8 Å². The number of para-hydroxylation sites is 2. The molecule has 0 aliphatic carbocycles. The number of ether oxygens (including phenoxy) is 2. The van der Waals surface area contributed by atoms with Gasteiger partial charge in [0, 0.05) is 23.9 Å². The molecule has 2 aliphatic rings. The molecule has 0 atom stereocenters. The topological polar surface area (TPSA) is 59.1 Å². The van der Waals surface area contributed by atoms with Gasteiger partial charge in [0.05, 0.1) is 25.5 Å². The lowest BCUT2D eigenvalue weighted by atomic mass is 9.98. The maximum absolute atomic E-state index is 13.9. The van der Waals surface area contributed by atoms with Crippen molar-refractivity contribution in [1.29, 1.82) is 0 Å². The molecule has 2 amide bonds. The van der Waals surface area contributed by atoms with Crippen molar-refractivity contribution in [3.05, 3.63) is 89.6 Å². The molecule has 2 heterocycles. The SMILES string of the molecule is COc1cccc(N2C(=O)C(c3ccccc3OC)=C(N3CCCc4ccccc43)C2=O)c1. The Morgan fingerprint density at radius 1 is 0.818 bits per heavy atom. The van der Waals surface area contributed by atoms with Crippen LogP contribution in [0.25, 0.3) is 5.57 Å². The Balaban J connectivity index is 1.72. The number of carbonyl (C=O) groups is 2. The van der Waals surface area contributed by atoms with Crippen molar-refractivity contribution in [2.24, 2.45) is 0 Å². The van der Waals surface area contributed by atoms with Crippen LogP contribution in [0.15, 0.2) is 78.5 Å². The highest BCUT2D eigenvalue weighted by Crippen LogP contribution is 2.41. The summed E-state index contributed by atoms with van der Waals surface area (Å²) in [4.78, 5) is 31.0. The second-order valence-electron chi connectivity index (χ2n) is 7.95. The number of hydrogen-bond donors (Lipinski definition) is 0. The third kappa shape index (κ3) is 3.44. The Morgan fingerprint density at radius 2 is 1.61 bits per heavy atom. The maximum atomic E-state index is 13.9. The number of amides is 2. The average molecular weight is 440 g/mol. The first kappa shape index (κ1) is 20.8. The fraction of sp³-hybridized carbons (Fsp3) is 0.185. The fourth-order valence-corrected chi connectivity index (χ4v) is 4.61. The number of aryl methyl sites for hydroxylation is 1. The van der Waals surface area contributed by atoms with E-state index >= 15 is 0 Å². The largest absolute Gasteiger partial charge is 0.497 e. The fourth-order valence-electron chi connectivity index (χ4n) is 4.61. The van der Waals surface area contributed by atoms with Gasteiger partial charge in [0.25, 0.3) is 11.8 Å². The van der Waals surface area contributed by atoms with Gasteiger partial charge in [-0.15, -0.1) is 0 Å². The molecule has 3 aromatic carbocycles. The van der Waals surface area contributed by atoms with Crippen LogP contribution in [0, 0.1) is 0 Å². The van der Waals surface area contributed by atoms with Crippen molar-refractivity contribution >= 4 is 28.8 Å².